The van der Waals surface area contributed by atoms with Crippen molar-refractivity contribution in [1.29, 1.82) is 0 Å². The van der Waals surface area contributed by atoms with Gasteiger partial charge in [0.15, 0.2) is 0 Å². The van der Waals surface area contributed by atoms with Crippen molar-refractivity contribution in [3.05, 3.63) is 33.9 Å². The predicted molar refractivity (Wildman–Crippen MR) is 67.7 cm³/mol. The van der Waals surface area contributed by atoms with Gasteiger partial charge in [0.25, 0.3) is 5.69 Å². The Bertz CT molecular complexity index is 513. The average Bonchev–Trinajstić information content (AvgIpc) is 2.29. The number of carbonyl (C=O) groups is 2. The molecule has 1 aromatic rings. The number of benzene rings is 1. The zero-order valence-electron chi connectivity index (χ0n) is 10.6. The summed E-state index contributed by atoms with van der Waals surface area (Å²) in [4.78, 5) is 31.9. The quantitative estimate of drug-likeness (QED) is 0.496. The molecular weight excluding hydrogens is 252 g/mol. The first-order valence-electron chi connectivity index (χ1n) is 5.58. The third kappa shape index (κ3) is 4.74. The largest absolute Gasteiger partial charge is 0.466 e. The van der Waals surface area contributed by atoms with Crippen molar-refractivity contribution in [2.24, 2.45) is 0 Å². The van der Waals surface area contributed by atoms with Crippen LogP contribution in [0.15, 0.2) is 18.2 Å². The molecule has 0 saturated carbocycles. The normalized spacial score (nSPS) is 9.79. The van der Waals surface area contributed by atoms with E-state index in [4.69, 9.17) is 4.74 Å². The summed E-state index contributed by atoms with van der Waals surface area (Å²) >= 11 is 0. The number of anilines is 1. The Morgan fingerprint density at radius 2 is 2.05 bits per heavy atom. The first-order chi connectivity index (χ1) is 8.90. The lowest BCUT2D eigenvalue weighted by molar-refractivity contribution is -0.384. The highest BCUT2D eigenvalue weighted by Gasteiger charge is 2.12. The van der Waals surface area contributed by atoms with Gasteiger partial charge in [0.1, 0.15) is 0 Å². The van der Waals surface area contributed by atoms with Crippen molar-refractivity contribution in [1.82, 2.24) is 0 Å². The molecule has 1 aromatic carbocycles. The summed E-state index contributed by atoms with van der Waals surface area (Å²) in [5.41, 5.74) is 0.913. The molecule has 0 atom stereocenters. The first kappa shape index (κ1) is 14.6. The number of carbonyl (C=O) groups excluding carboxylic acids is 2. The molecule has 7 heteroatoms. The molecule has 1 rings (SSSR count). The highest BCUT2D eigenvalue weighted by atomic mass is 16.6. The second-order valence-corrected chi connectivity index (χ2v) is 3.87. The van der Waals surface area contributed by atoms with Gasteiger partial charge in [-0.3, -0.25) is 19.7 Å². The lowest BCUT2D eigenvalue weighted by Crippen LogP contribution is -2.10. The van der Waals surface area contributed by atoms with Crippen LogP contribution >= 0.6 is 0 Å². The van der Waals surface area contributed by atoms with Crippen LogP contribution in [-0.4, -0.2) is 23.4 Å². The SMILES string of the molecule is CC(=O)Nc1cc([N+](=O)[O-])ccc1CCOC(C)=O. The van der Waals surface area contributed by atoms with Crippen LogP contribution in [0.1, 0.15) is 19.4 Å². The second kappa shape index (κ2) is 6.48. The molecule has 0 radical (unpaired) electrons. The summed E-state index contributed by atoms with van der Waals surface area (Å²) in [7, 11) is 0. The molecule has 0 fully saturated rings. The van der Waals surface area contributed by atoms with E-state index in [0.29, 0.717) is 17.7 Å². The van der Waals surface area contributed by atoms with E-state index in [9.17, 15) is 19.7 Å². The van der Waals surface area contributed by atoms with E-state index in [1.165, 1.54) is 32.0 Å². The molecular formula is C12H14N2O5. The molecule has 1 N–H and O–H groups in total. The molecule has 0 heterocycles. The molecule has 0 bridgehead atoms. The van der Waals surface area contributed by atoms with Gasteiger partial charge in [-0.1, -0.05) is 6.07 Å². The molecule has 7 nitrogen and oxygen atoms in total. The van der Waals surface area contributed by atoms with Gasteiger partial charge in [0.2, 0.25) is 5.91 Å². The van der Waals surface area contributed by atoms with E-state index >= 15 is 0 Å². The van der Waals surface area contributed by atoms with Crippen LogP contribution in [0.4, 0.5) is 11.4 Å². The fraction of sp³-hybridized carbons (Fsp3) is 0.333. The van der Waals surface area contributed by atoms with Gasteiger partial charge < -0.3 is 10.1 Å². The lowest BCUT2D eigenvalue weighted by Gasteiger charge is -2.09. The minimum absolute atomic E-state index is 0.111. The number of hydrogen-bond donors (Lipinski definition) is 1. The number of nitrogens with one attached hydrogen (secondary N) is 1. The van der Waals surface area contributed by atoms with Crippen molar-refractivity contribution in [2.75, 3.05) is 11.9 Å². The van der Waals surface area contributed by atoms with Crippen LogP contribution < -0.4 is 5.32 Å². The summed E-state index contributed by atoms with van der Waals surface area (Å²) in [5.74, 6) is -0.725. The van der Waals surface area contributed by atoms with Crippen molar-refractivity contribution in [2.45, 2.75) is 20.3 Å². The van der Waals surface area contributed by atoms with Crippen molar-refractivity contribution < 1.29 is 19.2 Å². The number of rotatable bonds is 5. The molecule has 0 aromatic heterocycles. The van der Waals surface area contributed by atoms with Crippen LogP contribution in [0.5, 0.6) is 0 Å². The van der Waals surface area contributed by atoms with Gasteiger partial charge in [-0.25, -0.2) is 0 Å². The van der Waals surface area contributed by atoms with E-state index < -0.39 is 10.9 Å². The standard InChI is InChI=1S/C12H14N2O5/c1-8(15)13-12-7-11(14(17)18)4-3-10(12)5-6-19-9(2)16/h3-4,7H,5-6H2,1-2H3,(H,13,15). The number of amides is 1. The second-order valence-electron chi connectivity index (χ2n) is 3.87. The van der Waals surface area contributed by atoms with Gasteiger partial charge >= 0.3 is 5.97 Å². The number of esters is 1. The third-order valence-corrected chi connectivity index (χ3v) is 2.29. The molecule has 0 aliphatic carbocycles. The molecule has 0 aliphatic rings. The Labute approximate surface area is 109 Å². The summed E-state index contributed by atoms with van der Waals surface area (Å²) < 4.78 is 4.80. The summed E-state index contributed by atoms with van der Waals surface area (Å²) in [6, 6.07) is 4.16. The van der Waals surface area contributed by atoms with Crippen molar-refractivity contribution >= 4 is 23.3 Å². The first-order valence-corrected chi connectivity index (χ1v) is 5.58. The Morgan fingerprint density at radius 3 is 2.58 bits per heavy atom. The zero-order valence-corrected chi connectivity index (χ0v) is 10.6. The van der Waals surface area contributed by atoms with Crippen molar-refractivity contribution in [3.63, 3.8) is 0 Å². The van der Waals surface area contributed by atoms with Crippen LogP contribution in [0, 0.1) is 10.1 Å². The Hall–Kier alpha value is -2.44. The van der Waals surface area contributed by atoms with Crippen LogP contribution in [0.2, 0.25) is 0 Å². The Kier molecular flexibility index (Phi) is 4.99. The van der Waals surface area contributed by atoms with Crippen LogP contribution in [0.25, 0.3) is 0 Å². The Morgan fingerprint density at radius 1 is 1.37 bits per heavy atom. The number of non-ortho nitro benzene ring substituents is 1. The highest BCUT2D eigenvalue weighted by molar-refractivity contribution is 5.90. The molecule has 0 aliphatic heterocycles. The molecule has 0 unspecified atom stereocenters. The van der Waals surface area contributed by atoms with E-state index in [2.05, 4.69) is 5.32 Å². The van der Waals surface area contributed by atoms with E-state index in [1.807, 2.05) is 0 Å². The van der Waals surface area contributed by atoms with Gasteiger partial charge in [-0.05, 0) is 5.56 Å². The monoisotopic (exact) mass is 266 g/mol. The van der Waals surface area contributed by atoms with Crippen LogP contribution in [0.3, 0.4) is 0 Å². The van der Waals surface area contributed by atoms with E-state index in [1.54, 1.807) is 0 Å². The molecule has 0 saturated heterocycles. The number of nitro benzene ring substituents is 1. The predicted octanol–water partition coefficient (Wildman–Crippen LogP) is 1.66. The zero-order chi connectivity index (χ0) is 14.4. The van der Waals surface area contributed by atoms with Gasteiger partial charge in [0, 0.05) is 32.4 Å². The summed E-state index contributed by atoms with van der Waals surface area (Å²) in [5, 5.41) is 13.2. The van der Waals surface area contributed by atoms with Gasteiger partial charge in [-0.15, -0.1) is 0 Å². The maximum Gasteiger partial charge on any atom is 0.302 e. The summed E-state index contributed by atoms with van der Waals surface area (Å²) in [6.07, 6.45) is 0.368. The van der Waals surface area contributed by atoms with Crippen LogP contribution in [-0.2, 0) is 20.7 Å². The Balaban J connectivity index is 2.91. The highest BCUT2D eigenvalue weighted by Crippen LogP contribution is 2.23. The fourth-order valence-electron chi connectivity index (χ4n) is 1.51. The maximum atomic E-state index is 11.1. The minimum atomic E-state index is -0.541. The molecule has 102 valence electrons. The topological polar surface area (TPSA) is 98.5 Å². The number of hydrogen-bond acceptors (Lipinski definition) is 5. The van der Waals surface area contributed by atoms with E-state index in [0.717, 1.165) is 0 Å². The maximum absolute atomic E-state index is 11.1. The lowest BCUT2D eigenvalue weighted by atomic mass is 10.1. The minimum Gasteiger partial charge on any atom is -0.466 e. The third-order valence-electron chi connectivity index (χ3n) is 2.29. The van der Waals surface area contributed by atoms with Crippen molar-refractivity contribution in [3.8, 4) is 0 Å². The van der Waals surface area contributed by atoms with Gasteiger partial charge in [-0.2, -0.15) is 0 Å². The number of ether oxygens (including phenoxy) is 1. The molecule has 0 spiro atoms. The smallest absolute Gasteiger partial charge is 0.302 e. The number of nitro groups is 1. The van der Waals surface area contributed by atoms with E-state index in [-0.39, 0.29) is 18.2 Å². The summed E-state index contributed by atoms with van der Waals surface area (Å²) in [6.45, 7) is 2.76. The fourth-order valence-corrected chi connectivity index (χ4v) is 1.51. The van der Waals surface area contributed by atoms with Gasteiger partial charge in [0.05, 0.1) is 17.2 Å². The molecule has 19 heavy (non-hydrogen) atoms. The number of nitrogens with zero attached hydrogens (tertiary/aromatic N) is 1. The average molecular weight is 266 g/mol. The molecule has 1 amide bonds.